The summed E-state index contributed by atoms with van der Waals surface area (Å²) in [5.74, 6) is 0.420. The average molecular weight is 354 g/mol. The number of benzene rings is 1. The van der Waals surface area contributed by atoms with Crippen LogP contribution in [0.2, 0.25) is 0 Å². The van der Waals surface area contributed by atoms with Crippen LogP contribution in [-0.4, -0.2) is 54.8 Å². The fourth-order valence-corrected chi connectivity index (χ4v) is 2.92. The zero-order valence-electron chi connectivity index (χ0n) is 13.8. The monoisotopic (exact) mass is 354 g/mol. The van der Waals surface area contributed by atoms with Crippen molar-refractivity contribution in [2.45, 2.75) is 24.9 Å². The van der Waals surface area contributed by atoms with Crippen LogP contribution in [-0.2, 0) is 4.74 Å². The van der Waals surface area contributed by atoms with Gasteiger partial charge in [0.2, 0.25) is 0 Å². The highest BCUT2D eigenvalue weighted by Gasteiger charge is 2.35. The fourth-order valence-electron chi connectivity index (χ4n) is 2.92. The molecule has 0 bridgehead atoms. The molecule has 0 saturated carbocycles. The summed E-state index contributed by atoms with van der Waals surface area (Å²) in [6.45, 7) is -0.256. The molecule has 26 heavy (non-hydrogen) atoms. The van der Waals surface area contributed by atoms with Gasteiger partial charge in [-0.3, -0.25) is 4.57 Å². The topological polar surface area (TPSA) is 132 Å². The predicted octanol–water partition coefficient (Wildman–Crippen LogP) is 0.800. The Morgan fingerprint density at radius 2 is 2.12 bits per heavy atom. The van der Waals surface area contributed by atoms with Crippen molar-refractivity contribution in [3.63, 3.8) is 0 Å². The lowest BCUT2D eigenvalue weighted by Gasteiger charge is -2.13. The highest BCUT2D eigenvalue weighted by atomic mass is 16.5. The van der Waals surface area contributed by atoms with Crippen molar-refractivity contribution in [3.8, 4) is 0 Å². The molecule has 1 saturated heterocycles. The summed E-state index contributed by atoms with van der Waals surface area (Å²) in [6.07, 6.45) is 1.64. The molecule has 9 nitrogen and oxygen atoms in total. The quantitative estimate of drug-likeness (QED) is 0.590. The molecule has 4 N–H and O–H groups in total. The molecule has 1 fully saturated rings. The molecule has 0 radical (unpaired) electrons. The molecule has 0 unspecified atom stereocenters. The van der Waals surface area contributed by atoms with Gasteiger partial charge in [0.25, 0.3) is 5.95 Å². The molecular formula is C17H18N6O3. The molecule has 4 rings (SSSR count). The molecule has 1 aliphatic rings. The minimum Gasteiger partial charge on any atom is -0.394 e. The Bertz CT molecular complexity index is 942. The van der Waals surface area contributed by atoms with Gasteiger partial charge in [0.1, 0.15) is 17.8 Å². The average Bonchev–Trinajstić information content (AvgIpc) is 3.24. The maximum atomic E-state index is 9.95. The summed E-state index contributed by atoms with van der Waals surface area (Å²) in [6, 6.07) is 9.58. The van der Waals surface area contributed by atoms with E-state index in [0.717, 1.165) is 5.56 Å². The maximum absolute atomic E-state index is 9.95. The second-order valence-electron chi connectivity index (χ2n) is 6.02. The van der Waals surface area contributed by atoms with Gasteiger partial charge in [-0.2, -0.15) is 9.97 Å². The SMILES string of the molecule is Nc1nc(N=Cc2ccccc2)nc2c1ncn2[C@H]1C[C@H](O)[C@@H](CO)O1. The molecule has 3 atom stereocenters. The molecular weight excluding hydrogens is 336 g/mol. The number of aliphatic hydroxyl groups is 2. The lowest BCUT2D eigenvalue weighted by molar-refractivity contribution is -0.0432. The van der Waals surface area contributed by atoms with Crippen LogP contribution in [0.15, 0.2) is 41.7 Å². The highest BCUT2D eigenvalue weighted by molar-refractivity contribution is 5.84. The first-order chi connectivity index (χ1) is 12.7. The number of imidazole rings is 1. The number of ether oxygens (including phenoxy) is 1. The number of aliphatic hydroxyl groups excluding tert-OH is 2. The van der Waals surface area contributed by atoms with E-state index in [0.29, 0.717) is 17.6 Å². The van der Waals surface area contributed by atoms with Crippen molar-refractivity contribution in [2.24, 2.45) is 4.99 Å². The Balaban J connectivity index is 1.69. The second kappa shape index (κ2) is 6.79. The zero-order valence-corrected chi connectivity index (χ0v) is 13.8. The summed E-state index contributed by atoms with van der Waals surface area (Å²) in [5, 5.41) is 19.2. The van der Waals surface area contributed by atoms with Crippen LogP contribution in [0.1, 0.15) is 18.2 Å². The Labute approximate surface area is 148 Å². The maximum Gasteiger partial charge on any atom is 0.253 e. The van der Waals surface area contributed by atoms with Crippen LogP contribution in [0.4, 0.5) is 11.8 Å². The number of aromatic nitrogens is 4. The van der Waals surface area contributed by atoms with Gasteiger partial charge in [0.15, 0.2) is 11.5 Å². The number of rotatable bonds is 4. The smallest absolute Gasteiger partial charge is 0.253 e. The van der Waals surface area contributed by atoms with Crippen LogP contribution in [0, 0.1) is 0 Å². The van der Waals surface area contributed by atoms with Crippen molar-refractivity contribution < 1.29 is 14.9 Å². The molecule has 0 spiro atoms. The summed E-state index contributed by atoms with van der Waals surface area (Å²) in [7, 11) is 0. The Morgan fingerprint density at radius 1 is 1.31 bits per heavy atom. The molecule has 3 heterocycles. The van der Waals surface area contributed by atoms with Gasteiger partial charge in [-0.25, -0.2) is 9.98 Å². The molecule has 3 aromatic rings. The Hall–Kier alpha value is -2.88. The highest BCUT2D eigenvalue weighted by Crippen LogP contribution is 2.31. The van der Waals surface area contributed by atoms with Gasteiger partial charge in [0.05, 0.1) is 19.0 Å². The Morgan fingerprint density at radius 3 is 2.85 bits per heavy atom. The van der Waals surface area contributed by atoms with Crippen molar-refractivity contribution in [1.29, 1.82) is 0 Å². The first-order valence-corrected chi connectivity index (χ1v) is 8.19. The predicted molar refractivity (Wildman–Crippen MR) is 95.1 cm³/mol. The number of anilines is 1. The van der Waals surface area contributed by atoms with E-state index in [1.165, 1.54) is 6.33 Å². The summed E-state index contributed by atoms with van der Waals surface area (Å²) >= 11 is 0. The third-order valence-corrected chi connectivity index (χ3v) is 4.26. The van der Waals surface area contributed by atoms with Crippen LogP contribution >= 0.6 is 0 Å². The number of hydrogen-bond acceptors (Lipinski definition) is 8. The van der Waals surface area contributed by atoms with Gasteiger partial charge in [-0.05, 0) is 5.56 Å². The number of aliphatic imine (C=N–C) groups is 1. The van der Waals surface area contributed by atoms with E-state index in [1.807, 2.05) is 30.3 Å². The lowest BCUT2D eigenvalue weighted by atomic mass is 10.2. The number of nitrogens with zero attached hydrogens (tertiary/aromatic N) is 5. The standard InChI is InChI=1S/C17H18N6O3/c18-15-14-16(22-17(21-15)19-7-10-4-2-1-3-5-10)23(9-20-14)13-6-11(25)12(8-24)26-13/h1-5,7,9,11-13,24-25H,6,8H2,(H2,18,21,22)/t11-,12+,13+/m0/s1. The minimum atomic E-state index is -0.753. The van der Waals surface area contributed by atoms with Crippen LogP contribution in [0.3, 0.4) is 0 Å². The first-order valence-electron chi connectivity index (χ1n) is 8.19. The molecule has 1 aliphatic heterocycles. The third-order valence-electron chi connectivity index (χ3n) is 4.26. The van der Waals surface area contributed by atoms with Gasteiger partial charge >= 0.3 is 0 Å². The van der Waals surface area contributed by atoms with Gasteiger partial charge in [-0.15, -0.1) is 0 Å². The van der Waals surface area contributed by atoms with Crippen molar-refractivity contribution >= 4 is 29.1 Å². The minimum absolute atomic E-state index is 0.206. The van der Waals surface area contributed by atoms with E-state index in [-0.39, 0.29) is 18.4 Å². The van der Waals surface area contributed by atoms with Crippen LogP contribution in [0.25, 0.3) is 11.2 Å². The van der Waals surface area contributed by atoms with Crippen molar-refractivity contribution in [1.82, 2.24) is 19.5 Å². The number of nitrogen functional groups attached to an aromatic ring is 1. The van der Waals surface area contributed by atoms with Gasteiger partial charge < -0.3 is 20.7 Å². The van der Waals surface area contributed by atoms with E-state index in [1.54, 1.807) is 10.8 Å². The number of hydrogen-bond donors (Lipinski definition) is 3. The fraction of sp³-hybridized carbons (Fsp3) is 0.294. The van der Waals surface area contributed by atoms with E-state index in [2.05, 4.69) is 19.9 Å². The van der Waals surface area contributed by atoms with Gasteiger partial charge in [-0.1, -0.05) is 30.3 Å². The van der Waals surface area contributed by atoms with Gasteiger partial charge in [0, 0.05) is 12.6 Å². The number of nitrogens with two attached hydrogens (primary N) is 1. The second-order valence-corrected chi connectivity index (χ2v) is 6.02. The Kier molecular flexibility index (Phi) is 4.33. The molecule has 2 aromatic heterocycles. The summed E-state index contributed by atoms with van der Waals surface area (Å²) < 4.78 is 7.34. The zero-order chi connectivity index (χ0) is 18.1. The molecule has 134 valence electrons. The third kappa shape index (κ3) is 3.03. The molecule has 9 heteroatoms. The summed E-state index contributed by atoms with van der Waals surface area (Å²) in [5.41, 5.74) is 7.81. The molecule has 0 aliphatic carbocycles. The first kappa shape index (κ1) is 16.6. The van der Waals surface area contributed by atoms with E-state index < -0.39 is 18.4 Å². The van der Waals surface area contributed by atoms with Crippen molar-refractivity contribution in [2.75, 3.05) is 12.3 Å². The molecule has 0 amide bonds. The number of fused-ring (bicyclic) bond motifs is 1. The van der Waals surface area contributed by atoms with Crippen LogP contribution < -0.4 is 5.73 Å². The van der Waals surface area contributed by atoms with E-state index in [9.17, 15) is 10.2 Å². The summed E-state index contributed by atoms with van der Waals surface area (Å²) in [4.78, 5) is 17.1. The van der Waals surface area contributed by atoms with E-state index in [4.69, 9.17) is 10.5 Å². The largest absolute Gasteiger partial charge is 0.394 e. The molecule has 1 aromatic carbocycles. The van der Waals surface area contributed by atoms with Crippen molar-refractivity contribution in [3.05, 3.63) is 42.2 Å². The normalized spacial score (nSPS) is 23.2. The lowest BCUT2D eigenvalue weighted by Crippen LogP contribution is -2.24. The van der Waals surface area contributed by atoms with Crippen LogP contribution in [0.5, 0.6) is 0 Å². The van der Waals surface area contributed by atoms with E-state index >= 15 is 0 Å².